The second-order valence-electron chi connectivity index (χ2n) is 4.70. The number of hydrogen-bond acceptors (Lipinski definition) is 4. The fourth-order valence-corrected chi connectivity index (χ4v) is 4.34. The van der Waals surface area contributed by atoms with Crippen molar-refractivity contribution in [2.75, 3.05) is 6.54 Å². The van der Waals surface area contributed by atoms with Gasteiger partial charge in [0.05, 0.1) is 5.02 Å². The van der Waals surface area contributed by atoms with Crippen LogP contribution in [-0.2, 0) is 14.8 Å². The van der Waals surface area contributed by atoms with Crippen LogP contribution in [0.1, 0.15) is 19.3 Å². The Kier molecular flexibility index (Phi) is 4.40. The minimum Gasteiger partial charge on any atom is -0.505 e. The molecular formula is C12H13ClFNO5S. The van der Waals surface area contributed by atoms with E-state index < -0.39 is 43.5 Å². The monoisotopic (exact) mass is 337 g/mol. The van der Waals surface area contributed by atoms with Crippen molar-refractivity contribution in [1.82, 2.24) is 4.31 Å². The molecule has 1 atom stereocenters. The first-order valence-electron chi connectivity index (χ1n) is 6.18. The largest absolute Gasteiger partial charge is 0.505 e. The number of aromatic hydroxyl groups is 1. The van der Waals surface area contributed by atoms with Crippen molar-refractivity contribution in [2.24, 2.45) is 0 Å². The van der Waals surface area contributed by atoms with Crippen LogP contribution < -0.4 is 0 Å². The Morgan fingerprint density at radius 2 is 2.05 bits per heavy atom. The zero-order chi connectivity index (χ0) is 15.8. The van der Waals surface area contributed by atoms with Gasteiger partial charge in [-0.1, -0.05) is 11.6 Å². The summed E-state index contributed by atoms with van der Waals surface area (Å²) in [6, 6.07) is 0.176. The minimum absolute atomic E-state index is 0.00707. The summed E-state index contributed by atoms with van der Waals surface area (Å²) in [5.41, 5.74) is 0. The van der Waals surface area contributed by atoms with Gasteiger partial charge in [0, 0.05) is 6.54 Å². The lowest BCUT2D eigenvalue weighted by atomic mass is 10.1. The number of carboxylic acid groups (broad SMARTS) is 1. The normalized spacial score (nSPS) is 20.4. The minimum atomic E-state index is -4.35. The van der Waals surface area contributed by atoms with Crippen LogP contribution in [0.4, 0.5) is 4.39 Å². The summed E-state index contributed by atoms with van der Waals surface area (Å²) in [6.07, 6.45) is 1.24. The van der Waals surface area contributed by atoms with Crippen LogP contribution in [0.3, 0.4) is 0 Å². The van der Waals surface area contributed by atoms with Gasteiger partial charge in [-0.15, -0.1) is 0 Å². The molecule has 1 aliphatic heterocycles. The van der Waals surface area contributed by atoms with Gasteiger partial charge in [0.2, 0.25) is 10.0 Å². The third kappa shape index (κ3) is 2.97. The van der Waals surface area contributed by atoms with Crippen molar-refractivity contribution < 1.29 is 27.8 Å². The number of phenols is 1. The van der Waals surface area contributed by atoms with Crippen LogP contribution in [0.5, 0.6) is 5.75 Å². The molecule has 0 aliphatic carbocycles. The molecular weight excluding hydrogens is 325 g/mol. The second-order valence-corrected chi connectivity index (χ2v) is 6.97. The summed E-state index contributed by atoms with van der Waals surface area (Å²) < 4.78 is 39.1. The number of aliphatic carboxylic acids is 1. The van der Waals surface area contributed by atoms with Crippen molar-refractivity contribution in [1.29, 1.82) is 0 Å². The second kappa shape index (κ2) is 5.78. The molecule has 2 rings (SSSR count). The van der Waals surface area contributed by atoms with E-state index in [1.165, 1.54) is 0 Å². The quantitative estimate of drug-likeness (QED) is 0.877. The van der Waals surface area contributed by atoms with Crippen LogP contribution in [0, 0.1) is 5.82 Å². The van der Waals surface area contributed by atoms with E-state index in [4.69, 9.17) is 16.7 Å². The Bertz CT molecular complexity index is 678. The number of nitrogens with zero attached hydrogens (tertiary/aromatic N) is 1. The van der Waals surface area contributed by atoms with Crippen LogP contribution in [0.25, 0.3) is 0 Å². The van der Waals surface area contributed by atoms with E-state index in [0.717, 1.165) is 10.4 Å². The van der Waals surface area contributed by atoms with E-state index in [1.807, 2.05) is 0 Å². The van der Waals surface area contributed by atoms with Crippen molar-refractivity contribution in [2.45, 2.75) is 30.2 Å². The lowest BCUT2D eigenvalue weighted by Gasteiger charge is -2.32. The molecule has 1 fully saturated rings. The molecule has 0 amide bonds. The van der Waals surface area contributed by atoms with Crippen molar-refractivity contribution >= 4 is 27.6 Å². The molecule has 2 N–H and O–H groups in total. The molecule has 21 heavy (non-hydrogen) atoms. The smallest absolute Gasteiger partial charge is 0.322 e. The molecule has 0 spiro atoms. The summed E-state index contributed by atoms with van der Waals surface area (Å²) in [6.45, 7) is -0.00707. The highest BCUT2D eigenvalue weighted by molar-refractivity contribution is 7.89. The Morgan fingerprint density at radius 3 is 2.67 bits per heavy atom. The van der Waals surface area contributed by atoms with Gasteiger partial charge in [0.1, 0.15) is 16.8 Å². The van der Waals surface area contributed by atoms with Crippen molar-refractivity contribution in [3.8, 4) is 5.75 Å². The zero-order valence-electron chi connectivity index (χ0n) is 10.8. The highest BCUT2D eigenvalue weighted by atomic mass is 35.5. The lowest BCUT2D eigenvalue weighted by Crippen LogP contribution is -2.47. The van der Waals surface area contributed by atoms with Crippen LogP contribution >= 0.6 is 11.6 Å². The predicted molar refractivity (Wildman–Crippen MR) is 72.2 cm³/mol. The first-order chi connectivity index (χ1) is 9.75. The van der Waals surface area contributed by atoms with Gasteiger partial charge in [0.15, 0.2) is 5.75 Å². The SMILES string of the molecule is O=C(O)C1CCCCN1S(=O)(=O)c1cc(F)cc(Cl)c1O. The fraction of sp³-hybridized carbons (Fsp3) is 0.417. The predicted octanol–water partition coefficient (Wildman–Crippen LogP) is 1.81. The number of halogens is 2. The van der Waals surface area contributed by atoms with Gasteiger partial charge in [0.25, 0.3) is 0 Å². The van der Waals surface area contributed by atoms with Crippen LogP contribution in [0.2, 0.25) is 5.02 Å². The highest BCUT2D eigenvalue weighted by Crippen LogP contribution is 2.35. The molecule has 0 saturated carbocycles. The number of piperidine rings is 1. The Hall–Kier alpha value is -1.38. The Balaban J connectivity index is 2.53. The number of hydrogen-bond donors (Lipinski definition) is 2. The standard InChI is InChI=1S/C12H13ClFNO5S/c13-8-5-7(14)6-10(11(8)16)21(19,20)15-4-2-1-3-9(15)12(17)18/h5-6,9,16H,1-4H2,(H,17,18). The third-order valence-electron chi connectivity index (χ3n) is 3.32. The molecule has 1 aliphatic rings. The van der Waals surface area contributed by atoms with Gasteiger partial charge >= 0.3 is 5.97 Å². The number of benzene rings is 1. The van der Waals surface area contributed by atoms with Crippen LogP contribution in [-0.4, -0.2) is 41.5 Å². The Morgan fingerprint density at radius 1 is 1.38 bits per heavy atom. The van der Waals surface area contributed by atoms with Gasteiger partial charge < -0.3 is 10.2 Å². The van der Waals surface area contributed by atoms with Crippen molar-refractivity contribution in [3.63, 3.8) is 0 Å². The van der Waals surface area contributed by atoms with Gasteiger partial charge in [-0.2, -0.15) is 4.31 Å². The maximum atomic E-state index is 13.4. The molecule has 9 heteroatoms. The summed E-state index contributed by atoms with van der Waals surface area (Å²) >= 11 is 5.57. The maximum Gasteiger partial charge on any atom is 0.322 e. The summed E-state index contributed by atoms with van der Waals surface area (Å²) in [5, 5.41) is 18.4. The molecule has 116 valence electrons. The summed E-state index contributed by atoms with van der Waals surface area (Å²) in [5.74, 6) is -2.99. The third-order valence-corrected chi connectivity index (χ3v) is 5.53. The maximum absolute atomic E-state index is 13.4. The molecule has 1 saturated heterocycles. The summed E-state index contributed by atoms with van der Waals surface area (Å²) in [4.78, 5) is 10.5. The number of carboxylic acids is 1. The molecule has 1 heterocycles. The average Bonchev–Trinajstić information content (AvgIpc) is 2.42. The molecule has 1 aromatic carbocycles. The van der Waals surface area contributed by atoms with Gasteiger partial charge in [-0.25, -0.2) is 12.8 Å². The zero-order valence-corrected chi connectivity index (χ0v) is 12.4. The van der Waals surface area contributed by atoms with E-state index in [1.54, 1.807) is 0 Å². The average molecular weight is 338 g/mol. The number of rotatable bonds is 3. The van der Waals surface area contributed by atoms with E-state index in [9.17, 15) is 22.7 Å². The number of sulfonamides is 1. The number of phenolic OH excluding ortho intramolecular Hbond substituents is 1. The molecule has 1 unspecified atom stereocenters. The summed E-state index contributed by atoms with van der Waals surface area (Å²) in [7, 11) is -4.35. The molecule has 6 nitrogen and oxygen atoms in total. The molecule has 0 bridgehead atoms. The van der Waals surface area contributed by atoms with Crippen molar-refractivity contribution in [3.05, 3.63) is 23.0 Å². The van der Waals surface area contributed by atoms with E-state index in [0.29, 0.717) is 18.9 Å². The van der Waals surface area contributed by atoms with E-state index in [-0.39, 0.29) is 13.0 Å². The first-order valence-corrected chi connectivity index (χ1v) is 7.99. The van der Waals surface area contributed by atoms with Crippen LogP contribution in [0.15, 0.2) is 17.0 Å². The fourth-order valence-electron chi connectivity index (χ4n) is 2.30. The topological polar surface area (TPSA) is 94.9 Å². The lowest BCUT2D eigenvalue weighted by molar-refractivity contribution is -0.142. The van der Waals surface area contributed by atoms with Gasteiger partial charge in [-0.3, -0.25) is 4.79 Å². The van der Waals surface area contributed by atoms with E-state index in [2.05, 4.69) is 0 Å². The number of carbonyl (C=O) groups is 1. The molecule has 0 radical (unpaired) electrons. The molecule has 0 aromatic heterocycles. The molecule has 1 aromatic rings. The van der Waals surface area contributed by atoms with Gasteiger partial charge in [-0.05, 0) is 31.4 Å². The Labute approximate surface area is 125 Å². The first kappa shape index (κ1) is 16.0. The van der Waals surface area contributed by atoms with E-state index >= 15 is 0 Å². The highest BCUT2D eigenvalue weighted by Gasteiger charge is 2.39.